The molecular formula is C12H11NO4. The van der Waals surface area contributed by atoms with Crippen LogP contribution in [0.4, 0.5) is 0 Å². The zero-order valence-corrected chi connectivity index (χ0v) is 9.44. The summed E-state index contributed by atoms with van der Waals surface area (Å²) in [5.41, 5.74) is 0.487. The molecule has 0 radical (unpaired) electrons. The lowest BCUT2D eigenvalue weighted by molar-refractivity contribution is 0.0599. The van der Waals surface area contributed by atoms with Crippen molar-refractivity contribution >= 4 is 16.9 Å². The summed E-state index contributed by atoms with van der Waals surface area (Å²) in [7, 11) is 2.73. The van der Waals surface area contributed by atoms with Crippen molar-refractivity contribution in [3.05, 3.63) is 40.2 Å². The minimum absolute atomic E-state index is 0.161. The number of rotatable bonds is 2. The lowest BCUT2D eigenvalue weighted by atomic mass is 10.1. The molecule has 2 aromatic rings. The van der Waals surface area contributed by atoms with Gasteiger partial charge in [0.25, 0.3) is 0 Å². The number of hydrogen-bond acceptors (Lipinski definition) is 4. The lowest BCUT2D eigenvalue weighted by Gasteiger charge is -2.09. The summed E-state index contributed by atoms with van der Waals surface area (Å²) in [5.74, 6) is -0.180. The number of aromatic amines is 1. The Kier molecular flexibility index (Phi) is 2.82. The van der Waals surface area contributed by atoms with Gasteiger partial charge in [-0.25, -0.2) is 4.79 Å². The molecular weight excluding hydrogens is 222 g/mol. The highest BCUT2D eigenvalue weighted by Crippen LogP contribution is 2.25. The lowest BCUT2D eigenvalue weighted by Crippen LogP contribution is -2.09. The van der Waals surface area contributed by atoms with Gasteiger partial charge in [-0.05, 0) is 12.1 Å². The Morgan fingerprint density at radius 2 is 2.00 bits per heavy atom. The van der Waals surface area contributed by atoms with Crippen LogP contribution in [0.25, 0.3) is 10.9 Å². The van der Waals surface area contributed by atoms with Gasteiger partial charge in [0.2, 0.25) is 0 Å². The molecule has 1 aromatic carbocycles. The fraction of sp³-hybridized carbons (Fsp3) is 0.167. The Hall–Kier alpha value is -2.30. The number of ether oxygens (including phenoxy) is 2. The zero-order chi connectivity index (χ0) is 12.4. The first-order valence-corrected chi connectivity index (χ1v) is 4.95. The summed E-state index contributed by atoms with van der Waals surface area (Å²) in [6.07, 6.45) is 1.48. The van der Waals surface area contributed by atoms with Crippen molar-refractivity contribution in [2.24, 2.45) is 0 Å². The Bertz CT molecular complexity index is 630. The maximum Gasteiger partial charge on any atom is 0.343 e. The Morgan fingerprint density at radius 1 is 1.24 bits per heavy atom. The Morgan fingerprint density at radius 3 is 2.65 bits per heavy atom. The largest absolute Gasteiger partial charge is 0.496 e. The van der Waals surface area contributed by atoms with Gasteiger partial charge < -0.3 is 14.5 Å². The molecule has 0 saturated heterocycles. The SMILES string of the molecule is COC(=O)c1c(OC)ccc2c(=O)cc[nH]c12. The van der Waals surface area contributed by atoms with E-state index in [1.165, 1.54) is 26.5 Å². The third-order valence-corrected chi connectivity index (χ3v) is 2.50. The highest BCUT2D eigenvalue weighted by atomic mass is 16.5. The standard InChI is InChI=1S/C12H11NO4/c1-16-9-4-3-7-8(14)5-6-13-11(7)10(9)12(15)17-2/h3-6H,1-2H3,(H,13,14). The third kappa shape index (κ3) is 1.75. The minimum atomic E-state index is -0.547. The molecule has 0 atom stereocenters. The molecule has 0 fully saturated rings. The number of fused-ring (bicyclic) bond motifs is 1. The minimum Gasteiger partial charge on any atom is -0.496 e. The van der Waals surface area contributed by atoms with Gasteiger partial charge >= 0.3 is 5.97 Å². The highest BCUT2D eigenvalue weighted by molar-refractivity contribution is 6.05. The third-order valence-electron chi connectivity index (χ3n) is 2.50. The summed E-state index contributed by atoms with van der Waals surface area (Å²) >= 11 is 0. The fourth-order valence-electron chi connectivity index (χ4n) is 1.70. The zero-order valence-electron chi connectivity index (χ0n) is 9.44. The molecule has 0 bridgehead atoms. The van der Waals surface area contributed by atoms with Crippen LogP contribution in [0, 0.1) is 0 Å². The van der Waals surface area contributed by atoms with Crippen LogP contribution in [-0.4, -0.2) is 25.2 Å². The number of H-pyrrole nitrogens is 1. The summed E-state index contributed by atoms with van der Waals surface area (Å²) in [5, 5.41) is 0.425. The second-order valence-electron chi connectivity index (χ2n) is 3.40. The van der Waals surface area contributed by atoms with E-state index < -0.39 is 5.97 Å². The van der Waals surface area contributed by atoms with Gasteiger partial charge in [-0.15, -0.1) is 0 Å². The van der Waals surface area contributed by atoms with Crippen LogP contribution in [0.1, 0.15) is 10.4 Å². The van der Waals surface area contributed by atoms with Gasteiger partial charge in [0, 0.05) is 17.6 Å². The molecule has 0 spiro atoms. The molecule has 1 aromatic heterocycles. The van der Waals surface area contributed by atoms with Crippen molar-refractivity contribution < 1.29 is 14.3 Å². The van der Waals surface area contributed by atoms with E-state index in [9.17, 15) is 9.59 Å². The molecule has 17 heavy (non-hydrogen) atoms. The first-order chi connectivity index (χ1) is 8.19. The fourth-order valence-corrected chi connectivity index (χ4v) is 1.70. The van der Waals surface area contributed by atoms with E-state index in [1.807, 2.05) is 0 Å². The Balaban J connectivity index is 2.88. The van der Waals surface area contributed by atoms with Crippen molar-refractivity contribution in [1.82, 2.24) is 4.98 Å². The van der Waals surface area contributed by atoms with Crippen LogP contribution in [-0.2, 0) is 4.74 Å². The molecule has 1 heterocycles. The van der Waals surface area contributed by atoms with E-state index >= 15 is 0 Å². The number of methoxy groups -OCH3 is 2. The van der Waals surface area contributed by atoms with Crippen molar-refractivity contribution in [3.8, 4) is 5.75 Å². The summed E-state index contributed by atoms with van der Waals surface area (Å²) in [4.78, 5) is 26.2. The normalized spacial score (nSPS) is 10.2. The van der Waals surface area contributed by atoms with E-state index in [1.54, 1.807) is 12.1 Å². The number of carbonyl (C=O) groups is 1. The molecule has 0 aliphatic heterocycles. The smallest absolute Gasteiger partial charge is 0.343 e. The average Bonchev–Trinajstić information content (AvgIpc) is 2.37. The number of nitrogens with one attached hydrogen (secondary N) is 1. The van der Waals surface area contributed by atoms with Gasteiger partial charge in [-0.3, -0.25) is 4.79 Å². The maximum atomic E-state index is 11.7. The van der Waals surface area contributed by atoms with E-state index in [4.69, 9.17) is 4.74 Å². The van der Waals surface area contributed by atoms with Crippen LogP contribution in [0.3, 0.4) is 0 Å². The van der Waals surface area contributed by atoms with Crippen LogP contribution < -0.4 is 10.2 Å². The van der Waals surface area contributed by atoms with Crippen molar-refractivity contribution in [2.75, 3.05) is 14.2 Å². The summed E-state index contributed by atoms with van der Waals surface area (Å²) in [6, 6.07) is 4.58. The topological polar surface area (TPSA) is 68.4 Å². The molecule has 0 aliphatic rings. The van der Waals surface area contributed by atoms with E-state index in [0.29, 0.717) is 16.7 Å². The maximum absolute atomic E-state index is 11.7. The highest BCUT2D eigenvalue weighted by Gasteiger charge is 2.18. The van der Waals surface area contributed by atoms with E-state index in [-0.39, 0.29) is 11.0 Å². The van der Waals surface area contributed by atoms with Gasteiger partial charge in [-0.1, -0.05) is 0 Å². The molecule has 5 nitrogen and oxygen atoms in total. The summed E-state index contributed by atoms with van der Waals surface area (Å²) < 4.78 is 9.78. The Labute approximate surface area is 97.0 Å². The number of benzene rings is 1. The number of hydrogen-bond donors (Lipinski definition) is 1. The first kappa shape index (κ1) is 11.2. The molecule has 2 rings (SSSR count). The average molecular weight is 233 g/mol. The molecule has 0 saturated carbocycles. The molecule has 5 heteroatoms. The number of esters is 1. The van der Waals surface area contributed by atoms with E-state index in [0.717, 1.165) is 0 Å². The van der Waals surface area contributed by atoms with Crippen LogP contribution >= 0.6 is 0 Å². The van der Waals surface area contributed by atoms with Crippen molar-refractivity contribution in [1.29, 1.82) is 0 Å². The summed E-state index contributed by atoms with van der Waals surface area (Å²) in [6.45, 7) is 0. The van der Waals surface area contributed by atoms with Gasteiger partial charge in [0.15, 0.2) is 5.43 Å². The van der Waals surface area contributed by atoms with Crippen molar-refractivity contribution in [2.45, 2.75) is 0 Å². The first-order valence-electron chi connectivity index (χ1n) is 4.95. The molecule has 88 valence electrons. The number of pyridine rings is 1. The second kappa shape index (κ2) is 4.29. The molecule has 0 unspecified atom stereocenters. The van der Waals surface area contributed by atoms with Crippen LogP contribution in [0.2, 0.25) is 0 Å². The molecule has 0 aliphatic carbocycles. The molecule has 0 amide bonds. The van der Waals surface area contributed by atoms with E-state index in [2.05, 4.69) is 9.72 Å². The number of carbonyl (C=O) groups excluding carboxylic acids is 1. The molecule has 1 N–H and O–H groups in total. The quantitative estimate of drug-likeness (QED) is 0.794. The second-order valence-corrected chi connectivity index (χ2v) is 3.40. The van der Waals surface area contributed by atoms with Crippen LogP contribution in [0.5, 0.6) is 5.75 Å². The van der Waals surface area contributed by atoms with Crippen LogP contribution in [0.15, 0.2) is 29.2 Å². The predicted octanol–water partition coefficient (Wildman–Crippen LogP) is 1.32. The van der Waals surface area contributed by atoms with Gasteiger partial charge in [0.1, 0.15) is 11.3 Å². The van der Waals surface area contributed by atoms with Gasteiger partial charge in [0.05, 0.1) is 19.7 Å². The monoisotopic (exact) mass is 233 g/mol. The predicted molar refractivity (Wildman–Crippen MR) is 62.5 cm³/mol. The number of aromatic nitrogens is 1. The van der Waals surface area contributed by atoms with Crippen molar-refractivity contribution in [3.63, 3.8) is 0 Å². The van der Waals surface area contributed by atoms with Gasteiger partial charge in [-0.2, -0.15) is 0 Å².